The summed E-state index contributed by atoms with van der Waals surface area (Å²) in [5, 5.41) is 0. The molecule has 3 heteroatoms. The number of H-pyrrole nitrogens is 1. The van der Waals surface area contributed by atoms with Gasteiger partial charge in [0, 0.05) is 12.4 Å². The van der Waals surface area contributed by atoms with Crippen LogP contribution in [-0.4, -0.2) is 10.9 Å². The Bertz CT molecular complexity index is 599. The average Bonchev–Trinajstić information content (AvgIpc) is 3.01. The molecule has 0 fully saturated rings. The number of nitrogens with zero attached hydrogens (tertiary/aromatic N) is 1. The summed E-state index contributed by atoms with van der Waals surface area (Å²) < 4.78 is 0. The number of unbranched alkanes of at least 4 members (excludes halogenated alkanes) is 1. The van der Waals surface area contributed by atoms with Gasteiger partial charge in [0.2, 0.25) is 0 Å². The van der Waals surface area contributed by atoms with E-state index < -0.39 is 0 Å². The molecule has 0 bridgehead atoms. The van der Waals surface area contributed by atoms with E-state index in [1.54, 1.807) is 17.1 Å². The Kier molecular flexibility index (Phi) is 5.38. The predicted molar refractivity (Wildman–Crippen MR) is 87.8 cm³/mol. The molecule has 0 aliphatic heterocycles. The standard InChI is InChI=1S/C18H22N2O/c1-3-5-9-15-10-6-7-11-17(15)20(18(21)8-4-2)16-12-13-19-14-16/h4,6-8,10-14,19H,3,5,9H2,1-2H3. The number of anilines is 2. The fourth-order valence-electron chi connectivity index (χ4n) is 2.36. The average molecular weight is 282 g/mol. The van der Waals surface area contributed by atoms with Crippen molar-refractivity contribution >= 4 is 17.3 Å². The minimum Gasteiger partial charge on any atom is -0.366 e. The van der Waals surface area contributed by atoms with Crippen molar-refractivity contribution in [2.75, 3.05) is 4.90 Å². The molecule has 1 amide bonds. The topological polar surface area (TPSA) is 36.1 Å². The lowest BCUT2D eigenvalue weighted by atomic mass is 10.0. The Balaban J connectivity index is 2.44. The number of carbonyl (C=O) groups is 1. The highest BCUT2D eigenvalue weighted by atomic mass is 16.2. The van der Waals surface area contributed by atoms with E-state index in [0.717, 1.165) is 30.6 Å². The number of carbonyl (C=O) groups excluding carboxylic acids is 1. The Morgan fingerprint density at radius 2 is 2.10 bits per heavy atom. The molecule has 0 aliphatic rings. The van der Waals surface area contributed by atoms with E-state index in [4.69, 9.17) is 0 Å². The van der Waals surface area contributed by atoms with Crippen LogP contribution < -0.4 is 4.90 Å². The van der Waals surface area contributed by atoms with E-state index in [1.165, 1.54) is 5.56 Å². The van der Waals surface area contributed by atoms with Crippen LogP contribution in [0, 0.1) is 0 Å². The maximum absolute atomic E-state index is 12.5. The summed E-state index contributed by atoms with van der Waals surface area (Å²) in [7, 11) is 0. The Labute approximate surface area is 126 Å². The highest BCUT2D eigenvalue weighted by Crippen LogP contribution is 2.29. The van der Waals surface area contributed by atoms with Crippen molar-refractivity contribution in [2.45, 2.75) is 33.1 Å². The summed E-state index contributed by atoms with van der Waals surface area (Å²) in [6.07, 6.45) is 10.3. The molecule has 110 valence electrons. The first-order valence-electron chi connectivity index (χ1n) is 7.45. The molecular formula is C18H22N2O. The lowest BCUT2D eigenvalue weighted by Gasteiger charge is -2.23. The summed E-state index contributed by atoms with van der Waals surface area (Å²) >= 11 is 0. The zero-order valence-electron chi connectivity index (χ0n) is 12.7. The van der Waals surface area contributed by atoms with Gasteiger partial charge in [-0.25, -0.2) is 0 Å². The molecule has 1 aromatic carbocycles. The fraction of sp³-hybridized carbons (Fsp3) is 0.278. The number of nitrogens with one attached hydrogen (secondary N) is 1. The van der Waals surface area contributed by atoms with E-state index in [9.17, 15) is 4.79 Å². The predicted octanol–water partition coefficient (Wildman–Crippen LogP) is 4.60. The normalized spacial score (nSPS) is 11.0. The third-order valence-electron chi connectivity index (χ3n) is 3.40. The minimum atomic E-state index is -0.0268. The van der Waals surface area contributed by atoms with Gasteiger partial charge in [0.05, 0.1) is 11.4 Å². The van der Waals surface area contributed by atoms with E-state index in [2.05, 4.69) is 18.0 Å². The Morgan fingerprint density at radius 3 is 2.76 bits per heavy atom. The van der Waals surface area contributed by atoms with Crippen molar-refractivity contribution in [1.29, 1.82) is 0 Å². The van der Waals surface area contributed by atoms with Crippen molar-refractivity contribution in [2.24, 2.45) is 0 Å². The number of amides is 1. The third kappa shape index (κ3) is 3.63. The lowest BCUT2D eigenvalue weighted by Crippen LogP contribution is -2.24. The van der Waals surface area contributed by atoms with Crippen molar-refractivity contribution < 1.29 is 4.79 Å². The quantitative estimate of drug-likeness (QED) is 0.772. The Morgan fingerprint density at radius 1 is 1.29 bits per heavy atom. The summed E-state index contributed by atoms with van der Waals surface area (Å²) in [5.74, 6) is -0.0268. The molecule has 0 unspecified atom stereocenters. The minimum absolute atomic E-state index is 0.0268. The van der Waals surface area contributed by atoms with Crippen LogP contribution in [-0.2, 0) is 11.2 Å². The molecule has 3 nitrogen and oxygen atoms in total. The van der Waals surface area contributed by atoms with Gasteiger partial charge in [-0.05, 0) is 43.5 Å². The summed E-state index contributed by atoms with van der Waals surface area (Å²) in [6, 6.07) is 10.0. The first kappa shape index (κ1) is 15.1. The number of para-hydroxylation sites is 1. The van der Waals surface area contributed by atoms with Crippen LogP contribution in [0.3, 0.4) is 0 Å². The van der Waals surface area contributed by atoms with E-state index in [0.29, 0.717) is 0 Å². The zero-order valence-corrected chi connectivity index (χ0v) is 12.7. The number of aromatic amines is 1. The van der Waals surface area contributed by atoms with Crippen molar-refractivity contribution in [3.05, 3.63) is 60.4 Å². The molecule has 21 heavy (non-hydrogen) atoms. The van der Waals surface area contributed by atoms with Gasteiger partial charge in [0.15, 0.2) is 0 Å². The maximum atomic E-state index is 12.5. The van der Waals surface area contributed by atoms with Crippen LogP contribution in [0.4, 0.5) is 11.4 Å². The van der Waals surface area contributed by atoms with E-state index in [-0.39, 0.29) is 5.91 Å². The van der Waals surface area contributed by atoms with Gasteiger partial charge in [-0.15, -0.1) is 0 Å². The Hall–Kier alpha value is -2.29. The first-order valence-corrected chi connectivity index (χ1v) is 7.45. The maximum Gasteiger partial charge on any atom is 0.255 e. The molecule has 2 aromatic rings. The van der Waals surface area contributed by atoms with E-state index in [1.807, 2.05) is 43.6 Å². The molecule has 0 saturated heterocycles. The molecule has 1 aromatic heterocycles. The van der Waals surface area contributed by atoms with Crippen molar-refractivity contribution in [3.63, 3.8) is 0 Å². The second-order valence-electron chi connectivity index (χ2n) is 4.98. The van der Waals surface area contributed by atoms with Crippen LogP contribution >= 0.6 is 0 Å². The van der Waals surface area contributed by atoms with Crippen LogP contribution in [0.25, 0.3) is 0 Å². The highest BCUT2D eigenvalue weighted by molar-refractivity contribution is 6.07. The summed E-state index contributed by atoms with van der Waals surface area (Å²) in [6.45, 7) is 4.04. The SMILES string of the molecule is CC=CC(=O)N(c1cc[nH]c1)c1ccccc1CCCC. The number of hydrogen-bond acceptors (Lipinski definition) is 1. The lowest BCUT2D eigenvalue weighted by molar-refractivity contribution is -0.113. The van der Waals surface area contributed by atoms with Gasteiger partial charge in [-0.3, -0.25) is 9.69 Å². The molecule has 1 N–H and O–H groups in total. The number of aromatic nitrogens is 1. The van der Waals surface area contributed by atoms with Crippen molar-refractivity contribution in [3.8, 4) is 0 Å². The van der Waals surface area contributed by atoms with Gasteiger partial charge >= 0.3 is 0 Å². The van der Waals surface area contributed by atoms with Gasteiger partial charge < -0.3 is 4.98 Å². The second kappa shape index (κ2) is 7.48. The molecular weight excluding hydrogens is 260 g/mol. The summed E-state index contributed by atoms with van der Waals surface area (Å²) in [4.78, 5) is 17.3. The number of aryl methyl sites for hydroxylation is 1. The second-order valence-corrected chi connectivity index (χ2v) is 4.98. The van der Waals surface area contributed by atoms with Gasteiger partial charge in [0.25, 0.3) is 5.91 Å². The van der Waals surface area contributed by atoms with E-state index >= 15 is 0 Å². The monoisotopic (exact) mass is 282 g/mol. The molecule has 0 aliphatic carbocycles. The van der Waals surface area contributed by atoms with Crippen LogP contribution in [0.1, 0.15) is 32.3 Å². The van der Waals surface area contributed by atoms with Gasteiger partial charge in [-0.1, -0.05) is 37.6 Å². The number of allylic oxidation sites excluding steroid dienone is 1. The molecule has 0 spiro atoms. The fourth-order valence-corrected chi connectivity index (χ4v) is 2.36. The van der Waals surface area contributed by atoms with Crippen LogP contribution in [0.5, 0.6) is 0 Å². The number of rotatable bonds is 6. The highest BCUT2D eigenvalue weighted by Gasteiger charge is 2.18. The molecule has 1 heterocycles. The molecule has 2 rings (SSSR count). The molecule has 0 saturated carbocycles. The molecule has 0 radical (unpaired) electrons. The smallest absolute Gasteiger partial charge is 0.255 e. The van der Waals surface area contributed by atoms with Crippen LogP contribution in [0.2, 0.25) is 0 Å². The summed E-state index contributed by atoms with van der Waals surface area (Å²) in [5.41, 5.74) is 3.04. The number of hydrogen-bond donors (Lipinski definition) is 1. The van der Waals surface area contributed by atoms with Crippen LogP contribution in [0.15, 0.2) is 54.9 Å². The largest absolute Gasteiger partial charge is 0.366 e. The molecule has 0 atom stereocenters. The van der Waals surface area contributed by atoms with Gasteiger partial charge in [0.1, 0.15) is 0 Å². The van der Waals surface area contributed by atoms with Crippen molar-refractivity contribution in [1.82, 2.24) is 4.98 Å². The first-order chi connectivity index (χ1) is 10.3. The zero-order chi connectivity index (χ0) is 15.1. The van der Waals surface area contributed by atoms with Gasteiger partial charge in [-0.2, -0.15) is 0 Å². The number of benzene rings is 1. The third-order valence-corrected chi connectivity index (χ3v) is 3.40.